The Kier molecular flexibility index (Phi) is 4.86. The Bertz CT molecular complexity index is 557. The van der Waals surface area contributed by atoms with Gasteiger partial charge in [0.2, 0.25) is 0 Å². The summed E-state index contributed by atoms with van der Waals surface area (Å²) in [6.45, 7) is 0. The van der Waals surface area contributed by atoms with Gasteiger partial charge in [0.05, 0.1) is 13.2 Å². The van der Waals surface area contributed by atoms with Crippen LogP contribution in [-0.2, 0) is 0 Å². The minimum atomic E-state index is 0.0697. The van der Waals surface area contributed by atoms with Gasteiger partial charge in [-0.15, -0.1) is 0 Å². The van der Waals surface area contributed by atoms with E-state index in [0.29, 0.717) is 0 Å². The maximum atomic E-state index is 5.93. The van der Waals surface area contributed by atoms with E-state index in [9.17, 15) is 0 Å². The Morgan fingerprint density at radius 3 is 2.42 bits per heavy atom. The van der Waals surface area contributed by atoms with Crippen LogP contribution < -0.4 is 10.1 Å². The van der Waals surface area contributed by atoms with E-state index in [0.717, 1.165) is 26.4 Å². The van der Waals surface area contributed by atoms with Crippen molar-refractivity contribution in [3.63, 3.8) is 0 Å². The summed E-state index contributed by atoms with van der Waals surface area (Å²) < 4.78 is 6.46. The van der Waals surface area contributed by atoms with Crippen LogP contribution in [-0.4, -0.2) is 14.2 Å². The van der Waals surface area contributed by atoms with E-state index in [4.69, 9.17) is 16.3 Å². The van der Waals surface area contributed by atoms with E-state index >= 15 is 0 Å². The molecule has 0 aliphatic rings. The molecule has 2 nitrogen and oxygen atoms in total. The highest BCUT2D eigenvalue weighted by Gasteiger charge is 2.16. The highest BCUT2D eigenvalue weighted by molar-refractivity contribution is 9.10. The number of hydrogen-bond donors (Lipinski definition) is 1. The minimum Gasteiger partial charge on any atom is -0.496 e. The third-order valence-corrected chi connectivity index (χ3v) is 3.74. The first-order chi connectivity index (χ1) is 9.15. The van der Waals surface area contributed by atoms with E-state index < -0.39 is 0 Å². The third-order valence-electron chi connectivity index (χ3n) is 3.00. The topological polar surface area (TPSA) is 21.3 Å². The van der Waals surface area contributed by atoms with Crippen LogP contribution in [0.2, 0.25) is 5.02 Å². The fraction of sp³-hybridized carbons (Fsp3) is 0.200. The van der Waals surface area contributed by atoms with Crippen molar-refractivity contribution in [1.29, 1.82) is 0 Å². The molecule has 0 saturated carbocycles. The predicted octanol–water partition coefficient (Wildman–Crippen LogP) is 4.42. The molecule has 0 fully saturated rings. The Balaban J connectivity index is 2.44. The van der Waals surface area contributed by atoms with Gasteiger partial charge in [-0.05, 0) is 36.9 Å². The van der Waals surface area contributed by atoms with Crippen molar-refractivity contribution < 1.29 is 4.74 Å². The van der Waals surface area contributed by atoms with Crippen molar-refractivity contribution in [2.45, 2.75) is 6.04 Å². The van der Waals surface area contributed by atoms with Crippen molar-refractivity contribution in [3.05, 3.63) is 63.1 Å². The van der Waals surface area contributed by atoms with Crippen LogP contribution in [0.1, 0.15) is 17.2 Å². The second-order valence-electron chi connectivity index (χ2n) is 4.16. The maximum absolute atomic E-state index is 5.93. The number of nitrogens with one attached hydrogen (secondary N) is 1. The molecule has 19 heavy (non-hydrogen) atoms. The zero-order valence-corrected chi connectivity index (χ0v) is 13.1. The Morgan fingerprint density at radius 2 is 1.84 bits per heavy atom. The fourth-order valence-corrected chi connectivity index (χ4v) is 2.55. The van der Waals surface area contributed by atoms with Gasteiger partial charge in [-0.25, -0.2) is 0 Å². The van der Waals surface area contributed by atoms with Gasteiger partial charge >= 0.3 is 0 Å². The summed E-state index contributed by atoms with van der Waals surface area (Å²) in [4.78, 5) is 0. The molecular weight excluding hydrogens is 326 g/mol. The summed E-state index contributed by atoms with van der Waals surface area (Å²) in [7, 11) is 3.61. The summed E-state index contributed by atoms with van der Waals surface area (Å²) in [6, 6.07) is 13.9. The molecule has 1 unspecified atom stereocenters. The normalized spacial score (nSPS) is 12.2. The molecular formula is C15H15BrClNO. The molecule has 0 spiro atoms. The lowest BCUT2D eigenvalue weighted by Gasteiger charge is -2.20. The monoisotopic (exact) mass is 339 g/mol. The van der Waals surface area contributed by atoms with Gasteiger partial charge < -0.3 is 10.1 Å². The fourth-order valence-electron chi connectivity index (χ4n) is 2.08. The smallest absolute Gasteiger partial charge is 0.125 e. The first-order valence-electron chi connectivity index (χ1n) is 5.92. The summed E-state index contributed by atoms with van der Waals surface area (Å²) in [5.74, 6) is 0.851. The zero-order chi connectivity index (χ0) is 13.8. The SMILES string of the molecule is CNC(c1ccc(Cl)cc1)c1ccc(Br)cc1OC. The van der Waals surface area contributed by atoms with E-state index in [1.165, 1.54) is 0 Å². The quantitative estimate of drug-likeness (QED) is 0.889. The highest BCUT2D eigenvalue weighted by Crippen LogP contribution is 2.32. The van der Waals surface area contributed by atoms with Gasteiger partial charge in [-0.1, -0.05) is 45.7 Å². The molecule has 0 bridgehead atoms. The van der Waals surface area contributed by atoms with Gasteiger partial charge in [-0.2, -0.15) is 0 Å². The molecule has 0 heterocycles. The average Bonchev–Trinajstić information content (AvgIpc) is 2.43. The number of ether oxygens (including phenoxy) is 1. The lowest BCUT2D eigenvalue weighted by atomic mass is 9.98. The van der Waals surface area contributed by atoms with Crippen molar-refractivity contribution in [2.75, 3.05) is 14.2 Å². The lowest BCUT2D eigenvalue weighted by molar-refractivity contribution is 0.405. The van der Waals surface area contributed by atoms with E-state index in [-0.39, 0.29) is 6.04 Å². The summed E-state index contributed by atoms with van der Waals surface area (Å²) in [5.41, 5.74) is 2.24. The molecule has 2 aromatic carbocycles. The molecule has 0 aliphatic carbocycles. The second-order valence-corrected chi connectivity index (χ2v) is 5.51. The van der Waals surface area contributed by atoms with E-state index in [2.05, 4.69) is 27.3 Å². The van der Waals surface area contributed by atoms with Crippen molar-refractivity contribution in [3.8, 4) is 5.75 Å². The Morgan fingerprint density at radius 1 is 1.16 bits per heavy atom. The molecule has 0 saturated heterocycles. The van der Waals surface area contributed by atoms with Crippen LogP contribution in [0.15, 0.2) is 46.9 Å². The number of hydrogen-bond acceptors (Lipinski definition) is 2. The van der Waals surface area contributed by atoms with Crippen LogP contribution >= 0.6 is 27.5 Å². The molecule has 2 rings (SSSR count). The zero-order valence-electron chi connectivity index (χ0n) is 10.8. The Hall–Kier alpha value is -1.03. The standard InChI is InChI=1S/C15H15BrClNO/c1-18-15(10-3-6-12(17)7-4-10)13-8-5-11(16)9-14(13)19-2/h3-9,15,18H,1-2H3. The first-order valence-corrected chi connectivity index (χ1v) is 7.09. The van der Waals surface area contributed by atoms with E-state index in [1.807, 2.05) is 43.4 Å². The number of benzene rings is 2. The molecule has 1 N–H and O–H groups in total. The molecule has 2 aromatic rings. The van der Waals surface area contributed by atoms with Crippen molar-refractivity contribution in [2.24, 2.45) is 0 Å². The molecule has 0 aromatic heterocycles. The Labute approximate surface area is 126 Å². The molecule has 100 valence electrons. The largest absolute Gasteiger partial charge is 0.496 e. The van der Waals surface area contributed by atoms with Crippen LogP contribution in [0.5, 0.6) is 5.75 Å². The summed E-state index contributed by atoms with van der Waals surface area (Å²) in [5, 5.41) is 4.05. The average molecular weight is 341 g/mol. The second kappa shape index (κ2) is 6.42. The number of halogens is 2. The molecule has 0 aliphatic heterocycles. The maximum Gasteiger partial charge on any atom is 0.125 e. The highest BCUT2D eigenvalue weighted by atomic mass is 79.9. The first kappa shape index (κ1) is 14.4. The van der Waals surface area contributed by atoms with Gasteiger partial charge in [0, 0.05) is 15.1 Å². The van der Waals surface area contributed by atoms with Gasteiger partial charge in [-0.3, -0.25) is 0 Å². The number of methoxy groups -OCH3 is 1. The lowest BCUT2D eigenvalue weighted by Crippen LogP contribution is -2.18. The summed E-state index contributed by atoms with van der Waals surface area (Å²) in [6.07, 6.45) is 0. The van der Waals surface area contributed by atoms with Crippen LogP contribution in [0.4, 0.5) is 0 Å². The van der Waals surface area contributed by atoms with Crippen LogP contribution in [0, 0.1) is 0 Å². The van der Waals surface area contributed by atoms with Crippen molar-refractivity contribution >= 4 is 27.5 Å². The van der Waals surface area contributed by atoms with Gasteiger partial charge in [0.25, 0.3) is 0 Å². The molecule has 0 amide bonds. The molecule has 4 heteroatoms. The van der Waals surface area contributed by atoms with Gasteiger partial charge in [0.15, 0.2) is 0 Å². The van der Waals surface area contributed by atoms with Crippen molar-refractivity contribution in [1.82, 2.24) is 5.32 Å². The number of rotatable bonds is 4. The predicted molar refractivity (Wildman–Crippen MR) is 83.0 cm³/mol. The third kappa shape index (κ3) is 3.30. The van der Waals surface area contributed by atoms with Crippen LogP contribution in [0.3, 0.4) is 0 Å². The summed E-state index contributed by atoms with van der Waals surface area (Å²) >= 11 is 9.39. The van der Waals surface area contributed by atoms with E-state index in [1.54, 1.807) is 7.11 Å². The van der Waals surface area contributed by atoms with Crippen LogP contribution in [0.25, 0.3) is 0 Å². The minimum absolute atomic E-state index is 0.0697. The van der Waals surface area contributed by atoms with Gasteiger partial charge in [0.1, 0.15) is 5.75 Å². The molecule has 0 radical (unpaired) electrons. The molecule has 1 atom stereocenters.